The van der Waals surface area contributed by atoms with Gasteiger partial charge in [0, 0.05) is 6.61 Å². The maximum Gasteiger partial charge on any atom is 0.140 e. The minimum absolute atomic E-state index is 0.129. The summed E-state index contributed by atoms with van der Waals surface area (Å²) in [4.78, 5) is 0. The Bertz CT molecular complexity index is 278. The van der Waals surface area contributed by atoms with Gasteiger partial charge in [-0.2, -0.15) is 0 Å². The molecule has 2 rings (SSSR count). The van der Waals surface area contributed by atoms with Gasteiger partial charge in [0.15, 0.2) is 0 Å². The van der Waals surface area contributed by atoms with Crippen molar-refractivity contribution in [1.29, 1.82) is 0 Å². The molecule has 14 heavy (non-hydrogen) atoms. The summed E-state index contributed by atoms with van der Waals surface area (Å²) in [5.41, 5.74) is 1.10. The topological polar surface area (TPSA) is 21.8 Å². The molecule has 1 saturated heterocycles. The van der Waals surface area contributed by atoms with E-state index in [0.29, 0.717) is 6.61 Å². The van der Waals surface area contributed by atoms with Crippen LogP contribution in [-0.4, -0.2) is 19.8 Å². The zero-order chi connectivity index (χ0) is 9.86. The summed E-state index contributed by atoms with van der Waals surface area (Å²) in [5, 5.41) is 0. The second kappa shape index (κ2) is 4.11. The first-order valence-corrected chi connectivity index (χ1v) is 5.15. The molecule has 1 aliphatic rings. The van der Waals surface area contributed by atoms with Crippen LogP contribution in [0.4, 0.5) is 0 Å². The van der Waals surface area contributed by atoms with Crippen LogP contribution >= 0.6 is 0 Å². The van der Waals surface area contributed by atoms with Crippen LogP contribution in [0.5, 0.6) is 0 Å². The van der Waals surface area contributed by atoms with Crippen molar-refractivity contribution < 1.29 is 9.47 Å². The van der Waals surface area contributed by atoms with Crippen LogP contribution in [0.25, 0.3) is 0 Å². The summed E-state index contributed by atoms with van der Waals surface area (Å²) >= 11 is 0. The Kier molecular flexibility index (Phi) is 2.85. The fourth-order valence-electron chi connectivity index (χ4n) is 1.54. The maximum atomic E-state index is 5.54. The smallest absolute Gasteiger partial charge is 0.140 e. The lowest BCUT2D eigenvalue weighted by Crippen LogP contribution is -2.17. The standard InChI is InChI=1S/C12H16O2/c1-2-8-13-9-12(10-14-12)11-6-4-3-5-7-11/h3-7H,2,8-10H2,1H3. The lowest BCUT2D eigenvalue weighted by atomic mass is 10.0. The molecule has 0 radical (unpaired) electrons. The van der Waals surface area contributed by atoms with Gasteiger partial charge in [0.25, 0.3) is 0 Å². The van der Waals surface area contributed by atoms with E-state index < -0.39 is 0 Å². The molecule has 0 bridgehead atoms. The van der Waals surface area contributed by atoms with E-state index in [-0.39, 0.29) is 5.60 Å². The molecule has 1 aliphatic heterocycles. The zero-order valence-corrected chi connectivity index (χ0v) is 8.53. The van der Waals surface area contributed by atoms with E-state index in [0.717, 1.165) is 19.6 Å². The van der Waals surface area contributed by atoms with Crippen LogP contribution < -0.4 is 0 Å². The fourth-order valence-corrected chi connectivity index (χ4v) is 1.54. The third-order valence-corrected chi connectivity index (χ3v) is 2.48. The van der Waals surface area contributed by atoms with Gasteiger partial charge in [0.1, 0.15) is 5.60 Å². The highest BCUT2D eigenvalue weighted by Gasteiger charge is 2.46. The van der Waals surface area contributed by atoms with Gasteiger partial charge in [-0.05, 0) is 12.0 Å². The number of hydrogen-bond acceptors (Lipinski definition) is 2. The molecule has 1 heterocycles. The van der Waals surface area contributed by atoms with Gasteiger partial charge in [-0.3, -0.25) is 0 Å². The molecule has 0 N–H and O–H groups in total. The molecule has 0 aliphatic carbocycles. The molecular weight excluding hydrogens is 176 g/mol. The van der Waals surface area contributed by atoms with Crippen LogP contribution in [0.2, 0.25) is 0 Å². The summed E-state index contributed by atoms with van der Waals surface area (Å²) in [5.74, 6) is 0. The van der Waals surface area contributed by atoms with Crippen molar-refractivity contribution >= 4 is 0 Å². The number of hydrogen-bond donors (Lipinski definition) is 0. The van der Waals surface area contributed by atoms with E-state index in [1.165, 1.54) is 5.56 Å². The molecule has 1 fully saturated rings. The SMILES string of the molecule is CCCOCC1(c2ccccc2)CO1. The van der Waals surface area contributed by atoms with E-state index in [1.807, 2.05) is 18.2 Å². The molecule has 76 valence electrons. The van der Waals surface area contributed by atoms with Gasteiger partial charge in [-0.1, -0.05) is 37.3 Å². The van der Waals surface area contributed by atoms with Gasteiger partial charge in [0.05, 0.1) is 13.2 Å². The monoisotopic (exact) mass is 192 g/mol. The predicted octanol–water partition coefficient (Wildman–Crippen LogP) is 2.34. The number of ether oxygens (including phenoxy) is 2. The molecule has 0 saturated carbocycles. The summed E-state index contributed by atoms with van der Waals surface area (Å²) in [7, 11) is 0. The lowest BCUT2D eigenvalue weighted by Gasteiger charge is -2.12. The molecule has 1 aromatic rings. The van der Waals surface area contributed by atoms with Gasteiger partial charge >= 0.3 is 0 Å². The Labute approximate surface area is 84.8 Å². The third-order valence-electron chi connectivity index (χ3n) is 2.48. The Balaban J connectivity index is 1.96. The first-order valence-electron chi connectivity index (χ1n) is 5.15. The maximum absolute atomic E-state index is 5.54. The Morgan fingerprint density at radius 3 is 2.64 bits per heavy atom. The highest BCUT2D eigenvalue weighted by Crippen LogP contribution is 2.38. The molecule has 1 atom stereocenters. The van der Waals surface area contributed by atoms with E-state index in [1.54, 1.807) is 0 Å². The first kappa shape index (κ1) is 9.69. The van der Waals surface area contributed by atoms with E-state index in [4.69, 9.17) is 9.47 Å². The van der Waals surface area contributed by atoms with Crippen LogP contribution in [0.15, 0.2) is 30.3 Å². The van der Waals surface area contributed by atoms with Gasteiger partial charge in [0.2, 0.25) is 0 Å². The van der Waals surface area contributed by atoms with Crippen molar-refractivity contribution in [1.82, 2.24) is 0 Å². The highest BCUT2D eigenvalue weighted by atomic mass is 16.6. The molecule has 0 aromatic heterocycles. The van der Waals surface area contributed by atoms with Crippen molar-refractivity contribution in [2.75, 3.05) is 19.8 Å². The normalized spacial score (nSPS) is 24.9. The minimum Gasteiger partial charge on any atom is -0.378 e. The van der Waals surface area contributed by atoms with Crippen molar-refractivity contribution in [3.05, 3.63) is 35.9 Å². The van der Waals surface area contributed by atoms with Gasteiger partial charge < -0.3 is 9.47 Å². The second-order valence-corrected chi connectivity index (χ2v) is 3.70. The summed E-state index contributed by atoms with van der Waals surface area (Å²) in [6.07, 6.45) is 1.06. The van der Waals surface area contributed by atoms with Crippen molar-refractivity contribution in [3.63, 3.8) is 0 Å². The Hall–Kier alpha value is -0.860. The average Bonchev–Trinajstić information content (AvgIpc) is 3.01. The van der Waals surface area contributed by atoms with Crippen LogP contribution in [0, 0.1) is 0 Å². The van der Waals surface area contributed by atoms with E-state index in [9.17, 15) is 0 Å². The molecular formula is C12H16O2. The van der Waals surface area contributed by atoms with E-state index in [2.05, 4.69) is 19.1 Å². The van der Waals surface area contributed by atoms with Gasteiger partial charge in [-0.25, -0.2) is 0 Å². The minimum atomic E-state index is -0.129. The van der Waals surface area contributed by atoms with Crippen molar-refractivity contribution in [2.24, 2.45) is 0 Å². The molecule has 1 aromatic carbocycles. The first-order chi connectivity index (χ1) is 6.87. The lowest BCUT2D eigenvalue weighted by molar-refractivity contribution is 0.0780. The summed E-state index contributed by atoms with van der Waals surface area (Å²) in [6.45, 7) is 4.41. The summed E-state index contributed by atoms with van der Waals surface area (Å²) < 4.78 is 11.0. The van der Waals surface area contributed by atoms with Crippen molar-refractivity contribution in [2.45, 2.75) is 18.9 Å². The zero-order valence-electron chi connectivity index (χ0n) is 8.53. The van der Waals surface area contributed by atoms with Crippen LogP contribution in [0.1, 0.15) is 18.9 Å². The summed E-state index contributed by atoms with van der Waals surface area (Å²) in [6, 6.07) is 10.3. The molecule has 2 nitrogen and oxygen atoms in total. The number of benzene rings is 1. The Morgan fingerprint density at radius 1 is 1.36 bits per heavy atom. The fraction of sp³-hybridized carbons (Fsp3) is 0.500. The highest BCUT2D eigenvalue weighted by molar-refractivity contribution is 5.26. The van der Waals surface area contributed by atoms with Crippen LogP contribution in [-0.2, 0) is 15.1 Å². The largest absolute Gasteiger partial charge is 0.378 e. The third kappa shape index (κ3) is 1.97. The molecule has 0 spiro atoms. The molecule has 2 heteroatoms. The number of epoxide rings is 1. The number of rotatable bonds is 5. The molecule has 1 unspecified atom stereocenters. The van der Waals surface area contributed by atoms with Crippen molar-refractivity contribution in [3.8, 4) is 0 Å². The van der Waals surface area contributed by atoms with Crippen LogP contribution in [0.3, 0.4) is 0 Å². The second-order valence-electron chi connectivity index (χ2n) is 3.70. The van der Waals surface area contributed by atoms with E-state index >= 15 is 0 Å². The van der Waals surface area contributed by atoms with Gasteiger partial charge in [-0.15, -0.1) is 0 Å². The average molecular weight is 192 g/mol. The Morgan fingerprint density at radius 2 is 2.07 bits per heavy atom. The molecule has 0 amide bonds. The predicted molar refractivity (Wildman–Crippen MR) is 55.2 cm³/mol. The quantitative estimate of drug-likeness (QED) is 0.527.